The van der Waals surface area contributed by atoms with Crippen LogP contribution in [0.3, 0.4) is 0 Å². The highest BCUT2D eigenvalue weighted by Gasteiger charge is 2.21. The van der Waals surface area contributed by atoms with E-state index >= 15 is 0 Å². The van der Waals surface area contributed by atoms with E-state index in [9.17, 15) is 4.79 Å². The third-order valence-corrected chi connectivity index (χ3v) is 6.52. The topological polar surface area (TPSA) is 75.5 Å². The number of ketones is 1. The normalized spacial score (nSPS) is 12.1. The molecule has 0 aliphatic rings. The summed E-state index contributed by atoms with van der Waals surface area (Å²) in [7, 11) is 3.12. The molecule has 0 fully saturated rings. The Balaban J connectivity index is 1.74. The van der Waals surface area contributed by atoms with Crippen LogP contribution in [0.1, 0.15) is 68.4 Å². The summed E-state index contributed by atoms with van der Waals surface area (Å²) in [6, 6.07) is 13.3. The number of hydrogen-bond donors (Lipinski definition) is 0. The Kier molecular flexibility index (Phi) is 9.20. The van der Waals surface area contributed by atoms with Gasteiger partial charge in [-0.05, 0) is 54.7 Å². The second-order valence-electron chi connectivity index (χ2n) is 9.11. The molecule has 0 aliphatic carbocycles. The lowest BCUT2D eigenvalue weighted by molar-refractivity contribution is 0.102. The minimum Gasteiger partial charge on any atom is -0.493 e. The number of ether oxygens (including phenoxy) is 3. The van der Waals surface area contributed by atoms with Gasteiger partial charge in [-0.1, -0.05) is 51.6 Å². The Hall–Kier alpha value is -3.00. The van der Waals surface area contributed by atoms with Crippen LogP contribution in [-0.2, 0) is 6.54 Å². The molecule has 0 aliphatic heterocycles. The van der Waals surface area contributed by atoms with Gasteiger partial charge in [-0.25, -0.2) is 0 Å². The summed E-state index contributed by atoms with van der Waals surface area (Å²) in [6.45, 7) is 11.3. The van der Waals surface area contributed by atoms with Crippen LogP contribution in [0.15, 0.2) is 47.6 Å². The number of hydrogen-bond acceptors (Lipinski definition) is 7. The van der Waals surface area contributed by atoms with Crippen LogP contribution >= 0.6 is 11.8 Å². The van der Waals surface area contributed by atoms with Gasteiger partial charge in [-0.3, -0.25) is 4.79 Å². The van der Waals surface area contributed by atoms with Crippen molar-refractivity contribution in [3.05, 3.63) is 59.4 Å². The molecular formula is C27H35N3O4S. The average Bonchev–Trinajstić information content (AvgIpc) is 3.24. The van der Waals surface area contributed by atoms with Gasteiger partial charge < -0.3 is 18.8 Å². The Morgan fingerprint density at radius 1 is 0.943 bits per heavy atom. The predicted octanol–water partition coefficient (Wildman–Crippen LogP) is 6.19. The Bertz CT molecular complexity index is 1130. The van der Waals surface area contributed by atoms with E-state index in [-0.39, 0.29) is 17.6 Å². The minimum atomic E-state index is -0.290. The summed E-state index contributed by atoms with van der Waals surface area (Å²) in [5.74, 6) is 3.71. The first-order valence-electron chi connectivity index (χ1n) is 11.8. The molecule has 2 aromatic carbocycles. The first kappa shape index (κ1) is 26.6. The van der Waals surface area contributed by atoms with E-state index in [4.69, 9.17) is 14.2 Å². The molecular weight excluding hydrogens is 462 g/mol. The molecule has 0 spiro atoms. The second kappa shape index (κ2) is 12.1. The first-order valence-corrected chi connectivity index (χ1v) is 12.8. The van der Waals surface area contributed by atoms with Gasteiger partial charge in [0.2, 0.25) is 0 Å². The van der Waals surface area contributed by atoms with Crippen molar-refractivity contribution in [3.8, 4) is 17.2 Å². The maximum atomic E-state index is 12.9. The van der Waals surface area contributed by atoms with Gasteiger partial charge in [0.15, 0.2) is 34.4 Å². The van der Waals surface area contributed by atoms with Crippen LogP contribution in [0.4, 0.5) is 0 Å². The van der Waals surface area contributed by atoms with Crippen molar-refractivity contribution in [3.63, 3.8) is 0 Å². The van der Waals surface area contributed by atoms with Crippen molar-refractivity contribution in [1.82, 2.24) is 14.8 Å². The van der Waals surface area contributed by atoms with Crippen LogP contribution < -0.4 is 14.2 Å². The van der Waals surface area contributed by atoms with E-state index in [1.165, 1.54) is 17.3 Å². The van der Waals surface area contributed by atoms with Crippen molar-refractivity contribution in [2.75, 3.05) is 20.0 Å². The maximum Gasteiger partial charge on any atom is 0.191 e. The molecule has 7 nitrogen and oxygen atoms in total. The molecule has 8 heteroatoms. The smallest absolute Gasteiger partial charge is 0.191 e. The van der Waals surface area contributed by atoms with Crippen molar-refractivity contribution in [1.29, 1.82) is 0 Å². The molecule has 1 unspecified atom stereocenters. The lowest BCUT2D eigenvalue weighted by atomic mass is 10.0. The number of carbonyl (C=O) groups excluding carboxylic acids is 1. The average molecular weight is 498 g/mol. The largest absolute Gasteiger partial charge is 0.493 e. The third-order valence-electron chi connectivity index (χ3n) is 5.55. The summed E-state index contributed by atoms with van der Waals surface area (Å²) in [5.41, 5.74) is 1.83. The Morgan fingerprint density at radius 3 is 2.23 bits per heavy atom. The van der Waals surface area contributed by atoms with Gasteiger partial charge in [0.25, 0.3) is 0 Å². The van der Waals surface area contributed by atoms with Gasteiger partial charge in [0, 0.05) is 12.1 Å². The van der Waals surface area contributed by atoms with E-state index in [1.807, 2.05) is 19.1 Å². The van der Waals surface area contributed by atoms with Gasteiger partial charge >= 0.3 is 0 Å². The molecule has 1 aromatic heterocycles. The number of methoxy groups -OCH3 is 2. The molecule has 0 bridgehead atoms. The molecule has 0 saturated carbocycles. The van der Waals surface area contributed by atoms with Crippen molar-refractivity contribution in [2.45, 2.75) is 58.3 Å². The van der Waals surface area contributed by atoms with Crippen LogP contribution in [0.2, 0.25) is 0 Å². The zero-order valence-electron chi connectivity index (χ0n) is 21.6. The SMILES string of the molecule is COc1ccc(C(=O)CSc2nnc(C(C)Oc3ccc(C(C)C)cc3)n2CC(C)C)cc1OC. The molecule has 0 radical (unpaired) electrons. The number of rotatable bonds is 12. The molecule has 1 atom stereocenters. The van der Waals surface area contributed by atoms with Crippen molar-refractivity contribution >= 4 is 17.5 Å². The monoisotopic (exact) mass is 497 g/mol. The zero-order chi connectivity index (χ0) is 25.5. The molecule has 1 heterocycles. The molecule has 0 N–H and O–H groups in total. The summed E-state index contributed by atoms with van der Waals surface area (Å²) in [4.78, 5) is 12.9. The number of Topliss-reactive ketones (excluding diaryl/α,β-unsaturated/α-hetero) is 1. The second-order valence-corrected chi connectivity index (χ2v) is 10.1. The fraction of sp³-hybridized carbons (Fsp3) is 0.444. The quantitative estimate of drug-likeness (QED) is 0.218. The van der Waals surface area contributed by atoms with Crippen LogP contribution in [-0.4, -0.2) is 40.5 Å². The molecule has 3 aromatic rings. The van der Waals surface area contributed by atoms with E-state index in [1.54, 1.807) is 32.4 Å². The summed E-state index contributed by atoms with van der Waals surface area (Å²) >= 11 is 1.38. The van der Waals surface area contributed by atoms with Crippen LogP contribution in [0.25, 0.3) is 0 Å². The lowest BCUT2D eigenvalue weighted by Gasteiger charge is -2.18. The lowest BCUT2D eigenvalue weighted by Crippen LogP contribution is -2.15. The molecule has 0 amide bonds. The standard InChI is InChI=1S/C27H35N3O4S/c1-17(2)15-30-26(19(5)34-22-11-8-20(9-12-22)18(3)4)28-29-27(30)35-16-23(31)21-10-13-24(32-6)25(14-21)33-7/h8-14,17-19H,15-16H2,1-7H3. The predicted molar refractivity (Wildman–Crippen MR) is 139 cm³/mol. The third kappa shape index (κ3) is 6.78. The molecule has 0 saturated heterocycles. The number of benzene rings is 2. The van der Waals surface area contributed by atoms with Crippen LogP contribution in [0, 0.1) is 5.92 Å². The van der Waals surface area contributed by atoms with Crippen molar-refractivity contribution < 1.29 is 19.0 Å². The van der Waals surface area contributed by atoms with Gasteiger partial charge in [0.05, 0.1) is 20.0 Å². The Morgan fingerprint density at radius 2 is 1.63 bits per heavy atom. The maximum absolute atomic E-state index is 12.9. The number of thioether (sulfide) groups is 1. The molecule has 3 rings (SSSR count). The number of carbonyl (C=O) groups is 1. The first-order chi connectivity index (χ1) is 16.7. The van der Waals surface area contributed by atoms with Crippen LogP contribution in [0.5, 0.6) is 17.2 Å². The number of aromatic nitrogens is 3. The highest BCUT2D eigenvalue weighted by Crippen LogP contribution is 2.30. The highest BCUT2D eigenvalue weighted by molar-refractivity contribution is 7.99. The summed E-state index contributed by atoms with van der Waals surface area (Å²) in [6.07, 6.45) is -0.290. The Labute approximate surface area is 212 Å². The zero-order valence-corrected chi connectivity index (χ0v) is 22.4. The van der Waals surface area contributed by atoms with Gasteiger partial charge in [-0.15, -0.1) is 10.2 Å². The van der Waals surface area contributed by atoms with Gasteiger partial charge in [-0.2, -0.15) is 0 Å². The van der Waals surface area contributed by atoms with E-state index in [0.717, 1.165) is 18.1 Å². The minimum absolute atomic E-state index is 0.0221. The van der Waals surface area contributed by atoms with E-state index in [0.29, 0.717) is 34.1 Å². The van der Waals surface area contributed by atoms with Gasteiger partial charge in [0.1, 0.15) is 5.75 Å². The summed E-state index contributed by atoms with van der Waals surface area (Å²) < 4.78 is 18.8. The summed E-state index contributed by atoms with van der Waals surface area (Å²) in [5, 5.41) is 9.53. The fourth-order valence-electron chi connectivity index (χ4n) is 3.66. The highest BCUT2D eigenvalue weighted by atomic mass is 32.2. The fourth-order valence-corrected chi connectivity index (χ4v) is 4.50. The van der Waals surface area contributed by atoms with E-state index < -0.39 is 0 Å². The molecule has 188 valence electrons. The molecule has 35 heavy (non-hydrogen) atoms. The number of nitrogens with zero attached hydrogens (tertiary/aromatic N) is 3. The van der Waals surface area contributed by atoms with Crippen molar-refractivity contribution in [2.24, 2.45) is 5.92 Å². The van der Waals surface area contributed by atoms with E-state index in [2.05, 4.69) is 54.6 Å².